The molecule has 2 heterocycles. The van der Waals surface area contributed by atoms with Crippen molar-refractivity contribution in [1.82, 2.24) is 0 Å². The zero-order chi connectivity index (χ0) is 58.9. The molecule has 0 aromatic rings. The van der Waals surface area contributed by atoms with Crippen LogP contribution in [0.1, 0.15) is 200 Å². The summed E-state index contributed by atoms with van der Waals surface area (Å²) < 4.78 is 58.1. The number of esters is 2. The summed E-state index contributed by atoms with van der Waals surface area (Å²) in [6.07, 6.45) is -0.989. The average molecular weight is 1180 g/mol. The summed E-state index contributed by atoms with van der Waals surface area (Å²) in [5, 5.41) is 117. The van der Waals surface area contributed by atoms with E-state index in [2.05, 4.69) is 26.0 Å². The molecule has 0 aromatic heterocycles. The Morgan fingerprint density at radius 3 is 1.24 bits per heavy atom. The Kier molecular flexibility index (Phi) is 37.4. The van der Waals surface area contributed by atoms with Crippen LogP contribution in [-0.4, -0.2) is 204 Å². The highest BCUT2D eigenvalue weighted by Gasteiger charge is 2.58. The SMILES string of the molecule is CCCCCC/C=C\CCCCCCCCCC(=O)OC(COC(=O)CCCCCCCCCCCCCCCC)COP(=O)(O)OC1C(OC2OC(CO)C(O)C(O)C2O)C(O)C(O)C(O)C1OC1OC(CO)C(O)C(O)C1O. The lowest BCUT2D eigenvalue weighted by molar-refractivity contribution is -0.360. The zero-order valence-corrected chi connectivity index (χ0v) is 48.5. The van der Waals surface area contributed by atoms with Crippen LogP contribution in [0.15, 0.2) is 12.2 Å². The summed E-state index contributed by atoms with van der Waals surface area (Å²) in [4.78, 5) is 37.5. The largest absolute Gasteiger partial charge is 0.472 e. The fourth-order valence-electron chi connectivity index (χ4n) is 10.1. The molecule has 1 saturated carbocycles. The molecule has 1 aliphatic carbocycles. The number of carbonyl (C=O) groups is 2. The monoisotopic (exact) mass is 1170 g/mol. The predicted molar refractivity (Wildman–Crippen MR) is 291 cm³/mol. The first-order valence-electron chi connectivity index (χ1n) is 30.0. The van der Waals surface area contributed by atoms with Crippen molar-refractivity contribution in [3.8, 4) is 0 Å². The quantitative estimate of drug-likeness (QED) is 0.0175. The number of hydrogen-bond acceptors (Lipinski definition) is 22. The first-order valence-corrected chi connectivity index (χ1v) is 31.5. The van der Waals surface area contributed by atoms with Crippen LogP contribution in [0.5, 0.6) is 0 Å². The van der Waals surface area contributed by atoms with Gasteiger partial charge in [-0.1, -0.05) is 161 Å². The van der Waals surface area contributed by atoms with Gasteiger partial charge in [0.2, 0.25) is 0 Å². The van der Waals surface area contributed by atoms with Crippen LogP contribution in [0.4, 0.5) is 0 Å². The number of phosphoric ester groups is 1. The van der Waals surface area contributed by atoms with Crippen molar-refractivity contribution in [2.24, 2.45) is 0 Å². The molecule has 3 rings (SSSR count). The van der Waals surface area contributed by atoms with Gasteiger partial charge in [0.25, 0.3) is 0 Å². The Balaban J connectivity index is 1.70. The predicted octanol–water partition coefficient (Wildman–Crippen LogP) is 4.32. The van der Waals surface area contributed by atoms with Crippen LogP contribution in [-0.2, 0) is 51.6 Å². The number of ether oxygens (including phenoxy) is 6. The van der Waals surface area contributed by atoms with Crippen LogP contribution in [0, 0.1) is 0 Å². The molecule has 0 radical (unpaired) electrons. The topological polar surface area (TPSA) is 368 Å². The molecular formula is C56H103O23P. The van der Waals surface area contributed by atoms with E-state index in [-0.39, 0.29) is 12.8 Å². The minimum absolute atomic E-state index is 0.0338. The molecule has 0 spiro atoms. The van der Waals surface area contributed by atoms with Crippen molar-refractivity contribution in [2.75, 3.05) is 26.4 Å². The Bertz CT molecular complexity index is 1640. The van der Waals surface area contributed by atoms with Crippen LogP contribution >= 0.6 is 7.82 Å². The third-order valence-electron chi connectivity index (χ3n) is 15.1. The van der Waals surface area contributed by atoms with Gasteiger partial charge in [-0.15, -0.1) is 0 Å². The van der Waals surface area contributed by atoms with Crippen molar-refractivity contribution in [2.45, 2.75) is 304 Å². The second-order valence-corrected chi connectivity index (χ2v) is 23.3. The van der Waals surface area contributed by atoms with Gasteiger partial charge in [-0.3, -0.25) is 18.6 Å². The molecule has 24 heteroatoms. The molecule has 3 fully saturated rings. The van der Waals surface area contributed by atoms with Gasteiger partial charge >= 0.3 is 19.8 Å². The number of aliphatic hydroxyl groups excluding tert-OH is 11. The highest BCUT2D eigenvalue weighted by Crippen LogP contribution is 2.49. The summed E-state index contributed by atoms with van der Waals surface area (Å²) >= 11 is 0. The van der Waals surface area contributed by atoms with Gasteiger partial charge in [0.05, 0.1) is 19.8 Å². The summed E-state index contributed by atoms with van der Waals surface area (Å²) in [6, 6.07) is 0. The van der Waals surface area contributed by atoms with Gasteiger partial charge < -0.3 is 89.5 Å². The maximum absolute atomic E-state index is 14.0. The maximum Gasteiger partial charge on any atom is 0.472 e. The number of aliphatic hydroxyl groups is 11. The maximum atomic E-state index is 14.0. The van der Waals surface area contributed by atoms with Gasteiger partial charge in [0.15, 0.2) is 18.7 Å². The second kappa shape index (κ2) is 41.3. The van der Waals surface area contributed by atoms with Gasteiger partial charge in [-0.2, -0.15) is 0 Å². The van der Waals surface area contributed by atoms with E-state index in [0.717, 1.165) is 77.0 Å². The van der Waals surface area contributed by atoms with Crippen molar-refractivity contribution >= 4 is 19.8 Å². The minimum Gasteiger partial charge on any atom is -0.462 e. The Labute approximate surface area is 473 Å². The van der Waals surface area contributed by atoms with Crippen molar-refractivity contribution < 1.29 is 113 Å². The fraction of sp³-hybridized carbons (Fsp3) is 0.929. The zero-order valence-electron chi connectivity index (χ0n) is 47.6. The molecule has 3 aliphatic rings. The van der Waals surface area contributed by atoms with Crippen LogP contribution in [0.25, 0.3) is 0 Å². The lowest BCUT2D eigenvalue weighted by atomic mass is 9.84. The molecule has 2 aliphatic heterocycles. The molecule has 16 atom stereocenters. The first-order chi connectivity index (χ1) is 38.4. The smallest absolute Gasteiger partial charge is 0.462 e. The molecule has 0 bridgehead atoms. The van der Waals surface area contributed by atoms with E-state index < -0.39 is 150 Å². The molecule has 16 unspecified atom stereocenters. The van der Waals surface area contributed by atoms with Crippen molar-refractivity contribution in [3.63, 3.8) is 0 Å². The van der Waals surface area contributed by atoms with E-state index in [9.17, 15) is 75.2 Å². The Hall–Kier alpha value is -1.81. The summed E-state index contributed by atoms with van der Waals surface area (Å²) in [7, 11) is -5.63. The third-order valence-corrected chi connectivity index (χ3v) is 16.1. The summed E-state index contributed by atoms with van der Waals surface area (Å²) in [5.41, 5.74) is 0. The molecular weight excluding hydrogens is 1070 g/mol. The van der Waals surface area contributed by atoms with Crippen molar-refractivity contribution in [1.29, 1.82) is 0 Å². The number of carbonyl (C=O) groups excluding carboxylic acids is 2. The van der Waals surface area contributed by atoms with Crippen LogP contribution in [0.3, 0.4) is 0 Å². The lowest BCUT2D eigenvalue weighted by Gasteiger charge is -2.49. The summed E-state index contributed by atoms with van der Waals surface area (Å²) in [5.74, 6) is -1.33. The molecule has 470 valence electrons. The molecule has 0 amide bonds. The van der Waals surface area contributed by atoms with E-state index >= 15 is 0 Å². The number of hydrogen-bond donors (Lipinski definition) is 12. The second-order valence-electron chi connectivity index (χ2n) is 21.9. The lowest BCUT2D eigenvalue weighted by Crippen LogP contribution is -2.69. The van der Waals surface area contributed by atoms with Gasteiger partial charge in [-0.25, -0.2) is 4.57 Å². The highest BCUT2D eigenvalue weighted by molar-refractivity contribution is 7.47. The highest BCUT2D eigenvalue weighted by atomic mass is 31.2. The van der Waals surface area contributed by atoms with Gasteiger partial charge in [0, 0.05) is 12.8 Å². The van der Waals surface area contributed by atoms with E-state index in [1.165, 1.54) is 83.5 Å². The molecule has 12 N–H and O–H groups in total. The summed E-state index contributed by atoms with van der Waals surface area (Å²) in [6.45, 7) is 1.00. The third kappa shape index (κ3) is 26.6. The van der Waals surface area contributed by atoms with E-state index in [1.807, 2.05) is 0 Å². The Morgan fingerprint density at radius 1 is 0.463 bits per heavy atom. The number of rotatable bonds is 44. The van der Waals surface area contributed by atoms with E-state index in [0.29, 0.717) is 12.8 Å². The van der Waals surface area contributed by atoms with Gasteiger partial charge in [0.1, 0.15) is 92.1 Å². The average Bonchev–Trinajstić information content (AvgIpc) is 3.47. The fourth-order valence-corrected chi connectivity index (χ4v) is 11.0. The van der Waals surface area contributed by atoms with Crippen LogP contribution in [0.2, 0.25) is 0 Å². The molecule has 23 nitrogen and oxygen atoms in total. The van der Waals surface area contributed by atoms with E-state index in [4.69, 9.17) is 37.5 Å². The number of allylic oxidation sites excluding steroid dienone is 2. The standard InChI is InChI=1S/C56H103O23P/c1-3-5-7-9-11-13-15-17-19-21-23-25-27-29-31-33-42(60)74-38(36-72-41(59)32-30-28-26-24-22-20-18-16-14-12-10-8-6-4-2)37-73-80(70,71)79-54-52(77-55-50(68)45(63)43(61)39(34-57)75-55)48(66)47(65)49(67)53(54)78-56-51(69)46(64)44(62)40(35-58)76-56/h13,15,38-40,43-58,61-69H,3-12,14,16-37H2,1-2H3,(H,70,71)/b15-13-. The molecule has 2 saturated heterocycles. The van der Waals surface area contributed by atoms with E-state index in [1.54, 1.807) is 0 Å². The number of unbranched alkanes of at least 4 members (excludes halogenated alkanes) is 24. The Morgan fingerprint density at radius 2 is 0.825 bits per heavy atom. The molecule has 0 aromatic carbocycles. The number of phosphoric acid groups is 1. The van der Waals surface area contributed by atoms with Crippen molar-refractivity contribution in [3.05, 3.63) is 12.2 Å². The normalized spacial score (nSPS) is 31.3. The minimum atomic E-state index is -5.63. The first kappa shape index (κ1) is 72.4. The molecule has 80 heavy (non-hydrogen) atoms. The van der Waals surface area contributed by atoms with Gasteiger partial charge in [-0.05, 0) is 38.5 Å². The van der Waals surface area contributed by atoms with Crippen LogP contribution < -0.4 is 0 Å².